The highest BCUT2D eigenvalue weighted by atomic mass is 15.3. The molecule has 70 valence electrons. The standard InChI is InChI=1S/C10H15N3/c1-12-6-8-3-4-9(11)5-10(8)13(2)7-12/h3-5H,6-7,11H2,1-2H3. The number of nitrogen functional groups attached to an aromatic ring is 1. The van der Waals surface area contributed by atoms with E-state index in [9.17, 15) is 0 Å². The molecule has 0 saturated heterocycles. The molecule has 0 saturated carbocycles. The highest BCUT2D eigenvalue weighted by molar-refractivity contribution is 5.61. The number of fused-ring (bicyclic) bond motifs is 1. The molecule has 0 fully saturated rings. The minimum atomic E-state index is 0.843. The molecule has 1 aliphatic heterocycles. The molecule has 1 aromatic carbocycles. The molecule has 2 rings (SSSR count). The van der Waals surface area contributed by atoms with E-state index in [2.05, 4.69) is 30.0 Å². The first kappa shape index (κ1) is 8.38. The van der Waals surface area contributed by atoms with Crippen molar-refractivity contribution in [3.8, 4) is 0 Å². The SMILES string of the molecule is CN1Cc2ccc(N)cc2N(C)C1. The fourth-order valence-electron chi connectivity index (χ4n) is 1.85. The first-order chi connectivity index (χ1) is 6.16. The van der Waals surface area contributed by atoms with Crippen LogP contribution in [0.25, 0.3) is 0 Å². The molecule has 2 N–H and O–H groups in total. The van der Waals surface area contributed by atoms with Gasteiger partial charge in [0.1, 0.15) is 0 Å². The van der Waals surface area contributed by atoms with Crippen LogP contribution in [-0.2, 0) is 6.54 Å². The van der Waals surface area contributed by atoms with Gasteiger partial charge >= 0.3 is 0 Å². The minimum Gasteiger partial charge on any atom is -0.399 e. The van der Waals surface area contributed by atoms with Crippen molar-refractivity contribution in [1.82, 2.24) is 4.90 Å². The summed E-state index contributed by atoms with van der Waals surface area (Å²) in [5.74, 6) is 0. The number of anilines is 2. The van der Waals surface area contributed by atoms with Crippen molar-refractivity contribution < 1.29 is 0 Å². The summed E-state index contributed by atoms with van der Waals surface area (Å²) in [6.45, 7) is 1.98. The molecular formula is C10H15N3. The van der Waals surface area contributed by atoms with E-state index in [1.807, 2.05) is 12.1 Å². The zero-order valence-corrected chi connectivity index (χ0v) is 8.12. The maximum atomic E-state index is 5.74. The lowest BCUT2D eigenvalue weighted by molar-refractivity contribution is 0.316. The smallest absolute Gasteiger partial charge is 0.0704 e. The molecule has 1 aliphatic rings. The number of nitrogens with two attached hydrogens (primary N) is 1. The van der Waals surface area contributed by atoms with Gasteiger partial charge in [-0.1, -0.05) is 6.07 Å². The first-order valence-electron chi connectivity index (χ1n) is 4.45. The van der Waals surface area contributed by atoms with Gasteiger partial charge in [-0.3, -0.25) is 4.90 Å². The van der Waals surface area contributed by atoms with Crippen LogP contribution >= 0.6 is 0 Å². The van der Waals surface area contributed by atoms with Gasteiger partial charge in [-0.15, -0.1) is 0 Å². The second-order valence-corrected chi connectivity index (χ2v) is 3.74. The molecule has 0 unspecified atom stereocenters. The van der Waals surface area contributed by atoms with E-state index in [1.165, 1.54) is 11.3 Å². The molecule has 1 aromatic rings. The van der Waals surface area contributed by atoms with Gasteiger partial charge in [0.05, 0.1) is 6.67 Å². The van der Waals surface area contributed by atoms with Crippen LogP contribution in [0.5, 0.6) is 0 Å². The van der Waals surface area contributed by atoms with Gasteiger partial charge < -0.3 is 10.6 Å². The van der Waals surface area contributed by atoms with Crippen LogP contribution in [-0.4, -0.2) is 25.7 Å². The lowest BCUT2D eigenvalue weighted by Crippen LogP contribution is -2.37. The molecule has 3 heteroatoms. The zero-order chi connectivity index (χ0) is 9.42. The second-order valence-electron chi connectivity index (χ2n) is 3.74. The van der Waals surface area contributed by atoms with Crippen LogP contribution in [0.3, 0.4) is 0 Å². The molecule has 3 nitrogen and oxygen atoms in total. The average molecular weight is 177 g/mol. The van der Waals surface area contributed by atoms with Gasteiger partial charge in [0.2, 0.25) is 0 Å². The van der Waals surface area contributed by atoms with Crippen LogP contribution < -0.4 is 10.6 Å². The van der Waals surface area contributed by atoms with E-state index >= 15 is 0 Å². The molecule has 0 aromatic heterocycles. The minimum absolute atomic E-state index is 0.843. The van der Waals surface area contributed by atoms with E-state index in [0.29, 0.717) is 0 Å². The molecular weight excluding hydrogens is 162 g/mol. The topological polar surface area (TPSA) is 32.5 Å². The number of benzene rings is 1. The molecule has 0 amide bonds. The van der Waals surface area contributed by atoms with E-state index in [0.717, 1.165) is 18.9 Å². The summed E-state index contributed by atoms with van der Waals surface area (Å²) in [6.07, 6.45) is 0. The zero-order valence-electron chi connectivity index (χ0n) is 8.12. The Bertz CT molecular complexity index is 322. The fraction of sp³-hybridized carbons (Fsp3) is 0.400. The molecule has 13 heavy (non-hydrogen) atoms. The van der Waals surface area contributed by atoms with Gasteiger partial charge in [0.15, 0.2) is 0 Å². The Kier molecular flexibility index (Phi) is 1.88. The van der Waals surface area contributed by atoms with Gasteiger partial charge in [-0.25, -0.2) is 0 Å². The molecule has 0 aliphatic carbocycles. The van der Waals surface area contributed by atoms with Gasteiger partial charge in [0, 0.05) is 25.0 Å². The summed E-state index contributed by atoms with van der Waals surface area (Å²) in [7, 11) is 4.21. The van der Waals surface area contributed by atoms with Crippen molar-refractivity contribution in [2.75, 3.05) is 31.4 Å². The molecule has 0 spiro atoms. The number of hydrogen-bond donors (Lipinski definition) is 1. The van der Waals surface area contributed by atoms with Crippen LogP contribution in [0.1, 0.15) is 5.56 Å². The Labute approximate surface area is 78.7 Å². The molecule has 0 bridgehead atoms. The second kappa shape index (κ2) is 2.92. The van der Waals surface area contributed by atoms with Crippen molar-refractivity contribution in [2.24, 2.45) is 0 Å². The van der Waals surface area contributed by atoms with Crippen molar-refractivity contribution >= 4 is 11.4 Å². The fourth-order valence-corrected chi connectivity index (χ4v) is 1.85. The third kappa shape index (κ3) is 1.47. The summed E-state index contributed by atoms with van der Waals surface area (Å²) < 4.78 is 0. The highest BCUT2D eigenvalue weighted by Crippen LogP contribution is 2.27. The normalized spacial score (nSPS) is 17.2. The summed E-state index contributed by atoms with van der Waals surface area (Å²) >= 11 is 0. The van der Waals surface area contributed by atoms with E-state index in [4.69, 9.17) is 5.73 Å². The van der Waals surface area contributed by atoms with Crippen LogP contribution in [0.4, 0.5) is 11.4 Å². The van der Waals surface area contributed by atoms with E-state index < -0.39 is 0 Å². The third-order valence-electron chi connectivity index (χ3n) is 2.41. The van der Waals surface area contributed by atoms with E-state index in [-0.39, 0.29) is 0 Å². The number of nitrogens with zero attached hydrogens (tertiary/aromatic N) is 2. The van der Waals surface area contributed by atoms with Crippen molar-refractivity contribution in [3.05, 3.63) is 23.8 Å². The summed E-state index contributed by atoms with van der Waals surface area (Å²) in [5.41, 5.74) is 9.20. The first-order valence-corrected chi connectivity index (χ1v) is 4.45. The summed E-state index contributed by atoms with van der Waals surface area (Å²) in [5, 5.41) is 0. The third-order valence-corrected chi connectivity index (χ3v) is 2.41. The Hall–Kier alpha value is -1.22. The molecule has 0 atom stereocenters. The summed E-state index contributed by atoms with van der Waals surface area (Å²) in [4.78, 5) is 4.49. The van der Waals surface area contributed by atoms with Gasteiger partial charge in [0.25, 0.3) is 0 Å². The van der Waals surface area contributed by atoms with Crippen LogP contribution in [0.2, 0.25) is 0 Å². The van der Waals surface area contributed by atoms with Crippen LogP contribution in [0.15, 0.2) is 18.2 Å². The Morgan fingerprint density at radius 1 is 1.31 bits per heavy atom. The van der Waals surface area contributed by atoms with Crippen molar-refractivity contribution in [2.45, 2.75) is 6.54 Å². The maximum absolute atomic E-state index is 5.74. The predicted molar refractivity (Wildman–Crippen MR) is 55.6 cm³/mol. The van der Waals surface area contributed by atoms with Crippen molar-refractivity contribution in [1.29, 1.82) is 0 Å². The van der Waals surface area contributed by atoms with E-state index in [1.54, 1.807) is 0 Å². The lowest BCUT2D eigenvalue weighted by atomic mass is 10.1. The molecule has 0 radical (unpaired) electrons. The monoisotopic (exact) mass is 177 g/mol. The van der Waals surface area contributed by atoms with Crippen molar-refractivity contribution in [3.63, 3.8) is 0 Å². The lowest BCUT2D eigenvalue weighted by Gasteiger charge is -2.34. The van der Waals surface area contributed by atoms with Crippen LogP contribution in [0, 0.1) is 0 Å². The predicted octanol–water partition coefficient (Wildman–Crippen LogP) is 1.11. The number of hydrogen-bond acceptors (Lipinski definition) is 3. The summed E-state index contributed by atoms with van der Waals surface area (Å²) in [6, 6.07) is 6.12. The highest BCUT2D eigenvalue weighted by Gasteiger charge is 2.16. The number of rotatable bonds is 0. The average Bonchev–Trinajstić information content (AvgIpc) is 2.06. The maximum Gasteiger partial charge on any atom is 0.0704 e. The largest absolute Gasteiger partial charge is 0.399 e. The van der Waals surface area contributed by atoms with Gasteiger partial charge in [-0.2, -0.15) is 0 Å². The Morgan fingerprint density at radius 2 is 2.08 bits per heavy atom. The molecule has 1 heterocycles. The van der Waals surface area contributed by atoms with Gasteiger partial charge in [-0.05, 0) is 24.7 Å². The Balaban J connectivity index is 2.43. The quantitative estimate of drug-likeness (QED) is 0.602. The Morgan fingerprint density at radius 3 is 2.85 bits per heavy atom.